The maximum Gasteiger partial charge on any atom is 0.321 e. The standard InChI is InChI=1S/C21H24ClN3O3S/c22-18-8-6-16(7-9-18)14-25-15-17-10-12-24(13-11-20(17)29(25,27)28)21(26)23-19-4-2-1-3-5-19/h1-9,17,20H,10-15H2,(H,23,26)/t17-,20-/m1/s1. The van der Waals surface area contributed by atoms with E-state index in [-0.39, 0.29) is 11.9 Å². The van der Waals surface area contributed by atoms with Gasteiger partial charge in [0.2, 0.25) is 10.0 Å². The van der Waals surface area contributed by atoms with Crippen LogP contribution in [0.25, 0.3) is 0 Å². The Labute approximate surface area is 176 Å². The molecule has 2 aliphatic rings. The Kier molecular flexibility index (Phi) is 5.81. The summed E-state index contributed by atoms with van der Waals surface area (Å²) in [6.45, 7) is 1.87. The first-order chi connectivity index (χ1) is 13.9. The number of fused-ring (bicyclic) bond motifs is 1. The molecule has 0 bridgehead atoms. The predicted octanol–water partition coefficient (Wildman–Crippen LogP) is 3.80. The number of nitrogens with one attached hydrogen (secondary N) is 1. The number of sulfonamides is 1. The van der Waals surface area contributed by atoms with E-state index in [0.717, 1.165) is 11.3 Å². The molecule has 154 valence electrons. The van der Waals surface area contributed by atoms with Crippen molar-refractivity contribution in [1.82, 2.24) is 9.21 Å². The molecular weight excluding hydrogens is 410 g/mol. The van der Waals surface area contributed by atoms with Gasteiger partial charge >= 0.3 is 6.03 Å². The third-order valence-electron chi connectivity index (χ3n) is 5.74. The van der Waals surface area contributed by atoms with Gasteiger partial charge in [-0.3, -0.25) is 0 Å². The number of halogens is 1. The number of nitrogens with zero attached hydrogens (tertiary/aromatic N) is 2. The van der Waals surface area contributed by atoms with Crippen molar-refractivity contribution in [2.24, 2.45) is 5.92 Å². The topological polar surface area (TPSA) is 69.7 Å². The average molecular weight is 434 g/mol. The molecule has 2 fully saturated rings. The summed E-state index contributed by atoms with van der Waals surface area (Å²) in [5, 5.41) is 3.10. The lowest BCUT2D eigenvalue weighted by atomic mass is 10.0. The molecule has 4 rings (SSSR count). The van der Waals surface area contributed by atoms with Crippen molar-refractivity contribution in [2.45, 2.75) is 24.6 Å². The lowest BCUT2D eigenvalue weighted by Crippen LogP contribution is -2.37. The maximum absolute atomic E-state index is 13.1. The normalized spacial score (nSPS) is 24.0. The van der Waals surface area contributed by atoms with Crippen LogP contribution in [-0.4, -0.2) is 48.5 Å². The van der Waals surface area contributed by atoms with E-state index in [2.05, 4.69) is 5.32 Å². The van der Waals surface area contributed by atoms with Crippen molar-refractivity contribution < 1.29 is 13.2 Å². The quantitative estimate of drug-likeness (QED) is 0.800. The van der Waals surface area contributed by atoms with Crippen LogP contribution in [0.2, 0.25) is 5.02 Å². The van der Waals surface area contributed by atoms with Crippen molar-refractivity contribution in [3.05, 3.63) is 65.2 Å². The number of hydrogen-bond donors (Lipinski definition) is 1. The minimum atomic E-state index is -3.39. The number of carbonyl (C=O) groups excluding carboxylic acids is 1. The van der Waals surface area contributed by atoms with Gasteiger partial charge in [0.25, 0.3) is 0 Å². The first-order valence-electron chi connectivity index (χ1n) is 9.78. The lowest BCUT2D eigenvalue weighted by Gasteiger charge is -2.22. The highest BCUT2D eigenvalue weighted by molar-refractivity contribution is 7.90. The van der Waals surface area contributed by atoms with E-state index in [0.29, 0.717) is 44.0 Å². The molecule has 2 aromatic rings. The third kappa shape index (κ3) is 4.42. The zero-order chi connectivity index (χ0) is 20.4. The second-order valence-electron chi connectivity index (χ2n) is 7.62. The number of likely N-dealkylation sites (tertiary alicyclic amines) is 1. The van der Waals surface area contributed by atoms with E-state index >= 15 is 0 Å². The van der Waals surface area contributed by atoms with Crippen molar-refractivity contribution >= 4 is 33.3 Å². The molecule has 2 aliphatic heterocycles. The fourth-order valence-corrected chi connectivity index (χ4v) is 6.52. The number of carbonyl (C=O) groups is 1. The number of hydrogen-bond acceptors (Lipinski definition) is 3. The molecule has 29 heavy (non-hydrogen) atoms. The van der Waals surface area contributed by atoms with Crippen LogP contribution in [0.1, 0.15) is 18.4 Å². The van der Waals surface area contributed by atoms with Crippen LogP contribution in [0, 0.1) is 5.92 Å². The molecule has 0 unspecified atom stereocenters. The SMILES string of the molecule is O=C(Nc1ccccc1)N1CC[C@@H]2CN(Cc3ccc(Cl)cc3)S(=O)(=O)[C@@H]2CC1. The van der Waals surface area contributed by atoms with Gasteiger partial charge in [-0.15, -0.1) is 0 Å². The van der Waals surface area contributed by atoms with E-state index < -0.39 is 15.3 Å². The predicted molar refractivity (Wildman–Crippen MR) is 114 cm³/mol. The van der Waals surface area contributed by atoms with Gasteiger partial charge in [-0.05, 0) is 48.6 Å². The van der Waals surface area contributed by atoms with Crippen LogP contribution in [-0.2, 0) is 16.6 Å². The summed E-state index contributed by atoms with van der Waals surface area (Å²) in [5.74, 6) is 0.0434. The Morgan fingerprint density at radius 3 is 2.45 bits per heavy atom. The summed E-state index contributed by atoms with van der Waals surface area (Å²) in [6, 6.07) is 16.4. The molecule has 1 N–H and O–H groups in total. The Morgan fingerprint density at radius 2 is 1.72 bits per heavy atom. The molecule has 8 heteroatoms. The van der Waals surface area contributed by atoms with Crippen molar-refractivity contribution in [1.29, 1.82) is 0 Å². The number of urea groups is 1. The number of para-hydroxylation sites is 1. The second-order valence-corrected chi connectivity index (χ2v) is 10.2. The molecule has 0 spiro atoms. The van der Waals surface area contributed by atoms with E-state index in [1.165, 1.54) is 0 Å². The molecule has 0 radical (unpaired) electrons. The molecule has 6 nitrogen and oxygen atoms in total. The van der Waals surface area contributed by atoms with Crippen molar-refractivity contribution in [2.75, 3.05) is 25.0 Å². The van der Waals surface area contributed by atoms with Crippen LogP contribution in [0.15, 0.2) is 54.6 Å². The zero-order valence-electron chi connectivity index (χ0n) is 16.0. The largest absolute Gasteiger partial charge is 0.324 e. The fourth-order valence-electron chi connectivity index (χ4n) is 4.17. The summed E-state index contributed by atoms with van der Waals surface area (Å²) in [4.78, 5) is 14.3. The minimum absolute atomic E-state index is 0.0434. The fraction of sp³-hybridized carbons (Fsp3) is 0.381. The Bertz CT molecular complexity index is 966. The van der Waals surface area contributed by atoms with Gasteiger partial charge in [0.15, 0.2) is 0 Å². The average Bonchev–Trinajstić information content (AvgIpc) is 2.85. The number of benzene rings is 2. The van der Waals surface area contributed by atoms with Gasteiger partial charge in [0.05, 0.1) is 5.25 Å². The Morgan fingerprint density at radius 1 is 1.03 bits per heavy atom. The van der Waals surface area contributed by atoms with Gasteiger partial charge in [-0.1, -0.05) is 41.9 Å². The summed E-state index contributed by atoms with van der Waals surface area (Å²) >= 11 is 5.92. The highest BCUT2D eigenvalue weighted by atomic mass is 35.5. The van der Waals surface area contributed by atoms with Gasteiger partial charge in [-0.25, -0.2) is 13.2 Å². The minimum Gasteiger partial charge on any atom is -0.324 e. The molecule has 0 saturated carbocycles. The number of rotatable bonds is 3. The van der Waals surface area contributed by atoms with E-state index in [1.54, 1.807) is 21.3 Å². The summed E-state index contributed by atoms with van der Waals surface area (Å²) < 4.78 is 27.8. The summed E-state index contributed by atoms with van der Waals surface area (Å²) in [7, 11) is -3.39. The van der Waals surface area contributed by atoms with Crippen molar-refractivity contribution in [3.8, 4) is 0 Å². The Hall–Kier alpha value is -2.09. The first kappa shape index (κ1) is 20.2. The zero-order valence-corrected chi connectivity index (χ0v) is 17.6. The first-order valence-corrected chi connectivity index (χ1v) is 11.7. The van der Waals surface area contributed by atoms with Gasteiger partial charge < -0.3 is 10.2 Å². The Balaban J connectivity index is 1.40. The maximum atomic E-state index is 13.1. The van der Waals surface area contributed by atoms with Gasteiger partial charge in [0, 0.05) is 36.9 Å². The molecule has 0 aliphatic carbocycles. The van der Waals surface area contributed by atoms with E-state index in [4.69, 9.17) is 11.6 Å². The highest BCUT2D eigenvalue weighted by Crippen LogP contribution is 2.35. The van der Waals surface area contributed by atoms with Crippen molar-refractivity contribution in [3.63, 3.8) is 0 Å². The molecular formula is C21H24ClN3O3S. The summed E-state index contributed by atoms with van der Waals surface area (Å²) in [6.07, 6.45) is 1.15. The number of amides is 2. The van der Waals surface area contributed by atoms with Crippen LogP contribution < -0.4 is 5.32 Å². The smallest absolute Gasteiger partial charge is 0.321 e. The lowest BCUT2D eigenvalue weighted by molar-refractivity contribution is 0.212. The van der Waals surface area contributed by atoms with Crippen LogP contribution >= 0.6 is 11.6 Å². The molecule has 2 atom stereocenters. The molecule has 2 saturated heterocycles. The third-order valence-corrected chi connectivity index (χ3v) is 8.38. The molecule has 0 aromatic heterocycles. The summed E-state index contributed by atoms with van der Waals surface area (Å²) in [5.41, 5.74) is 1.67. The van der Waals surface area contributed by atoms with Crippen LogP contribution in [0.5, 0.6) is 0 Å². The monoisotopic (exact) mass is 433 g/mol. The van der Waals surface area contributed by atoms with Gasteiger partial charge in [-0.2, -0.15) is 4.31 Å². The van der Waals surface area contributed by atoms with E-state index in [1.807, 2.05) is 42.5 Å². The van der Waals surface area contributed by atoms with Crippen LogP contribution in [0.4, 0.5) is 10.5 Å². The second kappa shape index (κ2) is 8.34. The van der Waals surface area contributed by atoms with E-state index in [9.17, 15) is 13.2 Å². The van der Waals surface area contributed by atoms with Crippen LogP contribution in [0.3, 0.4) is 0 Å². The molecule has 2 amide bonds. The molecule has 2 heterocycles. The van der Waals surface area contributed by atoms with Gasteiger partial charge in [0.1, 0.15) is 0 Å². The number of anilines is 1. The highest BCUT2D eigenvalue weighted by Gasteiger charge is 2.47. The molecule has 2 aromatic carbocycles.